The number of hydrogen-bond acceptors (Lipinski definition) is 3. The lowest BCUT2D eigenvalue weighted by atomic mass is 9.74. The fourth-order valence-electron chi connectivity index (χ4n) is 2.37. The molecule has 0 heterocycles. The third-order valence-electron chi connectivity index (χ3n) is 3.70. The molecule has 1 N–H and O–H groups in total. The van der Waals surface area contributed by atoms with E-state index in [0.717, 1.165) is 25.7 Å². The molecule has 0 bridgehead atoms. The van der Waals surface area contributed by atoms with Gasteiger partial charge in [-0.05, 0) is 24.7 Å². The van der Waals surface area contributed by atoms with Crippen molar-refractivity contribution in [1.29, 1.82) is 5.26 Å². The van der Waals surface area contributed by atoms with Crippen molar-refractivity contribution < 1.29 is 8.42 Å². The van der Waals surface area contributed by atoms with E-state index in [4.69, 9.17) is 5.26 Å². The Morgan fingerprint density at radius 2 is 2.12 bits per heavy atom. The fourth-order valence-corrected chi connectivity index (χ4v) is 3.95. The Morgan fingerprint density at radius 3 is 2.59 bits per heavy atom. The number of rotatable bonds is 4. The number of hydrogen-bond donors (Lipinski definition) is 1. The lowest BCUT2D eigenvalue weighted by molar-refractivity contribution is 0.188. The third-order valence-corrected chi connectivity index (χ3v) is 5.50. The summed E-state index contributed by atoms with van der Waals surface area (Å²) in [5.74, 6) is 0. The van der Waals surface area contributed by atoms with E-state index in [1.54, 1.807) is 6.92 Å². The minimum atomic E-state index is -3.50. The molecule has 0 aliphatic heterocycles. The molecule has 0 saturated heterocycles. The SMILES string of the molecule is CCC(C#N)S(=O)(=O)NC1CCCCC1(C)C. The van der Waals surface area contributed by atoms with Crippen LogP contribution < -0.4 is 4.72 Å². The highest BCUT2D eigenvalue weighted by Crippen LogP contribution is 2.35. The van der Waals surface area contributed by atoms with Gasteiger partial charge in [0.2, 0.25) is 10.0 Å². The van der Waals surface area contributed by atoms with Gasteiger partial charge in [0.15, 0.2) is 5.25 Å². The van der Waals surface area contributed by atoms with Crippen molar-refractivity contribution in [1.82, 2.24) is 4.72 Å². The Hall–Kier alpha value is -0.600. The molecule has 0 spiro atoms. The molecule has 2 unspecified atom stereocenters. The van der Waals surface area contributed by atoms with E-state index in [-0.39, 0.29) is 11.5 Å². The number of nitrogens with one attached hydrogen (secondary N) is 1. The molecule has 4 nitrogen and oxygen atoms in total. The lowest BCUT2D eigenvalue weighted by Crippen LogP contribution is -2.49. The number of nitrogens with zero attached hydrogens (tertiary/aromatic N) is 1. The summed E-state index contributed by atoms with van der Waals surface area (Å²) in [6.45, 7) is 5.90. The maximum absolute atomic E-state index is 12.0. The second-order valence-electron chi connectivity index (χ2n) is 5.48. The van der Waals surface area contributed by atoms with Crippen molar-refractivity contribution in [3.8, 4) is 6.07 Å². The molecule has 1 saturated carbocycles. The summed E-state index contributed by atoms with van der Waals surface area (Å²) in [7, 11) is -3.50. The second-order valence-corrected chi connectivity index (χ2v) is 7.37. The van der Waals surface area contributed by atoms with E-state index in [1.165, 1.54) is 0 Å². The van der Waals surface area contributed by atoms with Gasteiger partial charge in [0.1, 0.15) is 0 Å². The Labute approximate surface area is 104 Å². The van der Waals surface area contributed by atoms with Gasteiger partial charge in [0, 0.05) is 6.04 Å². The van der Waals surface area contributed by atoms with Crippen LogP contribution in [0.3, 0.4) is 0 Å². The quantitative estimate of drug-likeness (QED) is 0.840. The van der Waals surface area contributed by atoms with Crippen LogP contribution in [0.15, 0.2) is 0 Å². The predicted molar refractivity (Wildman–Crippen MR) is 67.8 cm³/mol. The van der Waals surface area contributed by atoms with E-state index in [1.807, 2.05) is 6.07 Å². The van der Waals surface area contributed by atoms with Crippen LogP contribution in [0.25, 0.3) is 0 Å². The van der Waals surface area contributed by atoms with Crippen LogP contribution in [0.4, 0.5) is 0 Å². The summed E-state index contributed by atoms with van der Waals surface area (Å²) in [5, 5.41) is 7.92. The third kappa shape index (κ3) is 3.43. The van der Waals surface area contributed by atoms with Crippen molar-refractivity contribution in [2.75, 3.05) is 0 Å². The van der Waals surface area contributed by atoms with Gasteiger partial charge in [0.25, 0.3) is 0 Å². The van der Waals surface area contributed by atoms with E-state index < -0.39 is 15.3 Å². The van der Waals surface area contributed by atoms with Crippen LogP contribution in [-0.2, 0) is 10.0 Å². The fraction of sp³-hybridized carbons (Fsp3) is 0.917. The first-order valence-electron chi connectivity index (χ1n) is 6.24. The van der Waals surface area contributed by atoms with Crippen molar-refractivity contribution in [3.05, 3.63) is 0 Å². The molecule has 1 fully saturated rings. The zero-order valence-corrected chi connectivity index (χ0v) is 11.7. The van der Waals surface area contributed by atoms with Crippen LogP contribution in [0.1, 0.15) is 52.9 Å². The first kappa shape index (κ1) is 14.5. The summed E-state index contributed by atoms with van der Waals surface area (Å²) in [6.07, 6.45) is 4.44. The standard InChI is InChI=1S/C12H22N2O2S/c1-4-10(9-13)17(15,16)14-11-7-5-6-8-12(11,2)3/h10-11,14H,4-8H2,1-3H3. The molecule has 5 heteroatoms. The lowest BCUT2D eigenvalue weighted by Gasteiger charge is -2.39. The Morgan fingerprint density at radius 1 is 1.47 bits per heavy atom. The highest BCUT2D eigenvalue weighted by molar-refractivity contribution is 7.90. The summed E-state index contributed by atoms with van der Waals surface area (Å²) in [4.78, 5) is 0. The van der Waals surface area contributed by atoms with Crippen molar-refractivity contribution in [3.63, 3.8) is 0 Å². The average molecular weight is 258 g/mol. The van der Waals surface area contributed by atoms with Gasteiger partial charge in [-0.2, -0.15) is 5.26 Å². The van der Waals surface area contributed by atoms with Crippen LogP contribution >= 0.6 is 0 Å². The molecule has 17 heavy (non-hydrogen) atoms. The van der Waals surface area contributed by atoms with Gasteiger partial charge in [-0.25, -0.2) is 13.1 Å². The van der Waals surface area contributed by atoms with Gasteiger partial charge in [-0.3, -0.25) is 0 Å². The molecule has 0 amide bonds. The van der Waals surface area contributed by atoms with Crippen LogP contribution in [0.2, 0.25) is 0 Å². The molecule has 1 rings (SSSR count). The first-order valence-corrected chi connectivity index (χ1v) is 7.79. The van der Waals surface area contributed by atoms with Crippen LogP contribution in [-0.4, -0.2) is 19.7 Å². The highest BCUT2D eigenvalue weighted by atomic mass is 32.2. The zero-order valence-electron chi connectivity index (χ0n) is 10.9. The Balaban J connectivity index is 2.80. The summed E-state index contributed by atoms with van der Waals surface area (Å²) in [5.41, 5.74) is -0.0148. The molecule has 0 aromatic carbocycles. The Bertz CT molecular complexity index is 395. The number of sulfonamides is 1. The Kier molecular flexibility index (Phi) is 4.56. The van der Waals surface area contributed by atoms with E-state index in [0.29, 0.717) is 6.42 Å². The van der Waals surface area contributed by atoms with Crippen LogP contribution in [0, 0.1) is 16.7 Å². The van der Waals surface area contributed by atoms with Crippen molar-refractivity contribution in [2.45, 2.75) is 64.2 Å². The molecule has 2 atom stereocenters. The van der Waals surface area contributed by atoms with Gasteiger partial charge in [-0.1, -0.05) is 33.6 Å². The van der Waals surface area contributed by atoms with E-state index in [9.17, 15) is 8.42 Å². The van der Waals surface area contributed by atoms with E-state index in [2.05, 4.69) is 18.6 Å². The highest BCUT2D eigenvalue weighted by Gasteiger charge is 2.36. The smallest absolute Gasteiger partial charge is 0.211 e. The average Bonchev–Trinajstić information content (AvgIpc) is 2.22. The van der Waals surface area contributed by atoms with E-state index >= 15 is 0 Å². The second kappa shape index (κ2) is 5.36. The molecule has 1 aliphatic carbocycles. The minimum Gasteiger partial charge on any atom is -0.211 e. The molecular weight excluding hydrogens is 236 g/mol. The van der Waals surface area contributed by atoms with Gasteiger partial charge < -0.3 is 0 Å². The van der Waals surface area contributed by atoms with Crippen molar-refractivity contribution in [2.24, 2.45) is 5.41 Å². The zero-order chi connectivity index (χ0) is 13.1. The maximum Gasteiger partial charge on any atom is 0.228 e. The maximum atomic E-state index is 12.0. The summed E-state index contributed by atoms with van der Waals surface area (Å²) in [6, 6.07) is 1.82. The normalized spacial score (nSPS) is 26.1. The topological polar surface area (TPSA) is 70.0 Å². The molecule has 1 aliphatic rings. The molecule has 0 aromatic rings. The van der Waals surface area contributed by atoms with Gasteiger partial charge >= 0.3 is 0 Å². The van der Waals surface area contributed by atoms with Crippen molar-refractivity contribution >= 4 is 10.0 Å². The minimum absolute atomic E-state index is 0.0148. The molecule has 0 radical (unpaired) electrons. The monoisotopic (exact) mass is 258 g/mol. The predicted octanol–water partition coefficient (Wildman–Crippen LogP) is 2.18. The summed E-state index contributed by atoms with van der Waals surface area (Å²) < 4.78 is 26.8. The van der Waals surface area contributed by atoms with Gasteiger partial charge in [-0.15, -0.1) is 0 Å². The molecule has 0 aromatic heterocycles. The largest absolute Gasteiger partial charge is 0.228 e. The summed E-state index contributed by atoms with van der Waals surface area (Å²) >= 11 is 0. The van der Waals surface area contributed by atoms with Crippen LogP contribution in [0.5, 0.6) is 0 Å². The molecule has 98 valence electrons. The molecular formula is C12H22N2O2S. The van der Waals surface area contributed by atoms with Gasteiger partial charge in [0.05, 0.1) is 6.07 Å². The first-order chi connectivity index (χ1) is 7.83. The number of nitriles is 1.